The maximum absolute atomic E-state index is 12.2. The zero-order chi connectivity index (χ0) is 16.3. The van der Waals surface area contributed by atoms with Gasteiger partial charge in [0, 0.05) is 24.4 Å². The highest BCUT2D eigenvalue weighted by atomic mass is 16.6. The molecule has 8 heteroatoms. The van der Waals surface area contributed by atoms with Crippen LogP contribution in [0.25, 0.3) is 0 Å². The number of carbonyl (C=O) groups is 1. The number of hydrogen-bond acceptors (Lipinski definition) is 5. The average Bonchev–Trinajstić information content (AvgIpc) is 2.88. The highest BCUT2D eigenvalue weighted by Crippen LogP contribution is 2.22. The number of rotatable bonds is 4. The number of aryl methyl sites for hydroxylation is 1. The van der Waals surface area contributed by atoms with Gasteiger partial charge in [0.1, 0.15) is 6.07 Å². The molecule has 1 aromatic heterocycles. The number of non-ortho nitro benzene ring substituents is 1. The number of nitro benzene ring substituents is 1. The van der Waals surface area contributed by atoms with Crippen LogP contribution in [-0.2, 0) is 6.54 Å². The van der Waals surface area contributed by atoms with E-state index in [0.717, 1.165) is 6.07 Å². The Morgan fingerprint density at radius 1 is 1.55 bits per heavy atom. The summed E-state index contributed by atoms with van der Waals surface area (Å²) >= 11 is 0. The fourth-order valence-electron chi connectivity index (χ4n) is 2.03. The number of nitriles is 1. The normalized spacial score (nSPS) is 10.0. The van der Waals surface area contributed by atoms with Gasteiger partial charge < -0.3 is 5.32 Å². The fraction of sp³-hybridized carbons (Fsp3) is 0.214. The molecule has 0 bridgehead atoms. The Bertz CT molecular complexity index is 788. The van der Waals surface area contributed by atoms with Gasteiger partial charge in [-0.1, -0.05) is 0 Å². The molecule has 0 spiro atoms. The first-order valence-corrected chi connectivity index (χ1v) is 6.50. The minimum Gasteiger partial charge on any atom is -0.321 e. The molecular formula is C14H13N5O3. The van der Waals surface area contributed by atoms with E-state index in [1.807, 2.05) is 13.0 Å². The van der Waals surface area contributed by atoms with Crippen molar-refractivity contribution in [2.45, 2.75) is 20.4 Å². The van der Waals surface area contributed by atoms with Crippen LogP contribution in [0.2, 0.25) is 0 Å². The minimum atomic E-state index is -0.595. The zero-order valence-corrected chi connectivity index (χ0v) is 12.0. The minimum absolute atomic E-state index is 0.0306. The molecule has 0 fully saturated rings. The summed E-state index contributed by atoms with van der Waals surface area (Å²) in [6.45, 7) is 4.32. The second-order valence-corrected chi connectivity index (χ2v) is 4.51. The molecule has 0 unspecified atom stereocenters. The summed E-state index contributed by atoms with van der Waals surface area (Å²) in [4.78, 5) is 22.4. The topological polar surface area (TPSA) is 114 Å². The number of nitrogens with zero attached hydrogens (tertiary/aromatic N) is 4. The van der Waals surface area contributed by atoms with Gasteiger partial charge in [-0.15, -0.1) is 0 Å². The molecule has 1 aromatic carbocycles. The van der Waals surface area contributed by atoms with Crippen LogP contribution in [0.4, 0.5) is 11.4 Å². The molecule has 0 saturated heterocycles. The molecular weight excluding hydrogens is 286 g/mol. The molecule has 0 atom stereocenters. The standard InChI is InChI=1S/C14H13N5O3/c1-3-18-9(2)12(8-16-18)14(20)17-13-5-4-11(19(21)22)6-10(13)7-15/h4-6,8H,3H2,1-2H3,(H,17,20). The van der Waals surface area contributed by atoms with Crippen molar-refractivity contribution in [1.82, 2.24) is 9.78 Å². The van der Waals surface area contributed by atoms with E-state index < -0.39 is 10.8 Å². The van der Waals surface area contributed by atoms with Crippen molar-refractivity contribution in [2.75, 3.05) is 5.32 Å². The first-order chi connectivity index (χ1) is 10.5. The number of nitro groups is 1. The smallest absolute Gasteiger partial charge is 0.270 e. The van der Waals surface area contributed by atoms with Gasteiger partial charge >= 0.3 is 0 Å². The monoisotopic (exact) mass is 299 g/mol. The van der Waals surface area contributed by atoms with E-state index >= 15 is 0 Å². The molecule has 0 aliphatic heterocycles. The van der Waals surface area contributed by atoms with Crippen LogP contribution in [0.5, 0.6) is 0 Å². The molecule has 0 radical (unpaired) electrons. The van der Waals surface area contributed by atoms with E-state index in [4.69, 9.17) is 5.26 Å². The average molecular weight is 299 g/mol. The van der Waals surface area contributed by atoms with Gasteiger partial charge in [-0.25, -0.2) is 0 Å². The molecule has 112 valence electrons. The van der Waals surface area contributed by atoms with Crippen molar-refractivity contribution in [3.63, 3.8) is 0 Å². The Morgan fingerprint density at radius 3 is 2.82 bits per heavy atom. The Balaban J connectivity index is 2.30. The van der Waals surface area contributed by atoms with Crippen LogP contribution in [0.15, 0.2) is 24.4 Å². The lowest BCUT2D eigenvalue weighted by Gasteiger charge is -2.07. The lowest BCUT2D eigenvalue weighted by atomic mass is 10.1. The van der Waals surface area contributed by atoms with E-state index in [1.165, 1.54) is 18.3 Å². The van der Waals surface area contributed by atoms with E-state index in [9.17, 15) is 14.9 Å². The maximum atomic E-state index is 12.2. The summed E-state index contributed by atoms with van der Waals surface area (Å²) in [5.74, 6) is -0.414. The molecule has 0 saturated carbocycles. The van der Waals surface area contributed by atoms with Gasteiger partial charge in [-0.05, 0) is 19.9 Å². The second kappa shape index (κ2) is 6.05. The predicted octanol–water partition coefficient (Wildman–Crippen LogP) is 2.24. The number of amides is 1. The summed E-state index contributed by atoms with van der Waals surface area (Å²) in [7, 11) is 0. The Kier molecular flexibility index (Phi) is 4.18. The molecule has 0 aliphatic carbocycles. The summed E-state index contributed by atoms with van der Waals surface area (Å²) < 4.78 is 1.68. The molecule has 1 N–H and O–H groups in total. The van der Waals surface area contributed by atoms with Crippen molar-refractivity contribution in [3.8, 4) is 6.07 Å². The van der Waals surface area contributed by atoms with Crippen molar-refractivity contribution in [3.05, 3.63) is 51.3 Å². The van der Waals surface area contributed by atoms with Crippen molar-refractivity contribution >= 4 is 17.3 Å². The van der Waals surface area contributed by atoms with E-state index in [2.05, 4.69) is 10.4 Å². The van der Waals surface area contributed by atoms with Crippen LogP contribution < -0.4 is 5.32 Å². The molecule has 1 heterocycles. The van der Waals surface area contributed by atoms with E-state index in [-0.39, 0.29) is 16.9 Å². The van der Waals surface area contributed by atoms with E-state index in [1.54, 1.807) is 11.6 Å². The predicted molar refractivity (Wildman–Crippen MR) is 78.4 cm³/mol. The van der Waals surface area contributed by atoms with Crippen LogP contribution in [0, 0.1) is 28.4 Å². The van der Waals surface area contributed by atoms with Gasteiger partial charge in [0.25, 0.3) is 11.6 Å². The van der Waals surface area contributed by atoms with Crippen molar-refractivity contribution in [1.29, 1.82) is 5.26 Å². The lowest BCUT2D eigenvalue weighted by Crippen LogP contribution is -2.14. The zero-order valence-electron chi connectivity index (χ0n) is 12.0. The number of aromatic nitrogens is 2. The Morgan fingerprint density at radius 2 is 2.27 bits per heavy atom. The van der Waals surface area contributed by atoms with Crippen LogP contribution in [0.1, 0.15) is 28.5 Å². The van der Waals surface area contributed by atoms with Crippen molar-refractivity contribution in [2.24, 2.45) is 0 Å². The SMILES string of the molecule is CCn1ncc(C(=O)Nc2ccc([N+](=O)[O-])cc2C#N)c1C. The summed E-state index contributed by atoms with van der Waals surface area (Å²) in [6.07, 6.45) is 1.45. The number of hydrogen-bond donors (Lipinski definition) is 1. The first kappa shape index (κ1) is 15.2. The molecule has 0 aliphatic rings. The lowest BCUT2D eigenvalue weighted by molar-refractivity contribution is -0.384. The number of nitrogens with one attached hydrogen (secondary N) is 1. The molecule has 1 amide bonds. The van der Waals surface area contributed by atoms with Crippen LogP contribution in [-0.4, -0.2) is 20.6 Å². The van der Waals surface area contributed by atoms with Crippen molar-refractivity contribution < 1.29 is 9.72 Å². The van der Waals surface area contributed by atoms with Gasteiger partial charge in [0.05, 0.1) is 27.9 Å². The molecule has 2 aromatic rings. The van der Waals surface area contributed by atoms with Gasteiger partial charge in [0.2, 0.25) is 0 Å². The highest BCUT2D eigenvalue weighted by molar-refractivity contribution is 6.05. The number of benzene rings is 1. The van der Waals surface area contributed by atoms with Gasteiger partial charge in [-0.3, -0.25) is 19.6 Å². The number of carbonyl (C=O) groups excluding carboxylic acids is 1. The third kappa shape index (κ3) is 2.78. The summed E-state index contributed by atoms with van der Waals surface area (Å²) in [6, 6.07) is 5.54. The third-order valence-electron chi connectivity index (χ3n) is 3.23. The first-order valence-electron chi connectivity index (χ1n) is 6.50. The Labute approximate surface area is 126 Å². The largest absolute Gasteiger partial charge is 0.321 e. The molecule has 8 nitrogen and oxygen atoms in total. The third-order valence-corrected chi connectivity index (χ3v) is 3.23. The fourth-order valence-corrected chi connectivity index (χ4v) is 2.03. The number of anilines is 1. The summed E-state index contributed by atoms with van der Waals surface area (Å²) in [5, 5.41) is 26.4. The second-order valence-electron chi connectivity index (χ2n) is 4.51. The quantitative estimate of drug-likeness (QED) is 0.687. The van der Waals surface area contributed by atoms with Crippen LogP contribution >= 0.6 is 0 Å². The Hall–Kier alpha value is -3.21. The summed E-state index contributed by atoms with van der Waals surface area (Å²) in [5.41, 5.74) is 1.15. The molecule has 22 heavy (non-hydrogen) atoms. The van der Waals surface area contributed by atoms with Crippen LogP contribution in [0.3, 0.4) is 0 Å². The maximum Gasteiger partial charge on any atom is 0.270 e. The highest BCUT2D eigenvalue weighted by Gasteiger charge is 2.17. The molecule has 2 rings (SSSR count). The van der Waals surface area contributed by atoms with E-state index in [0.29, 0.717) is 17.8 Å². The van der Waals surface area contributed by atoms with Gasteiger partial charge in [-0.2, -0.15) is 10.4 Å². The van der Waals surface area contributed by atoms with Gasteiger partial charge in [0.15, 0.2) is 0 Å².